The molecule has 3 N–H and O–H groups in total. The van der Waals surface area contributed by atoms with E-state index in [0.717, 1.165) is 5.56 Å². The molecule has 8 heteroatoms. The first-order valence-electron chi connectivity index (χ1n) is 8.25. The fraction of sp³-hybridized carbons (Fsp3) is 0.471. The van der Waals surface area contributed by atoms with Crippen molar-refractivity contribution in [2.75, 3.05) is 6.54 Å². The molecule has 1 atom stereocenters. The van der Waals surface area contributed by atoms with Crippen LogP contribution in [-0.2, 0) is 16.1 Å². The number of carbonyl (C=O) groups excluding carboxylic acids is 2. The predicted molar refractivity (Wildman–Crippen MR) is 86.0 cm³/mol. The highest BCUT2D eigenvalue weighted by Crippen LogP contribution is 2.27. The third kappa shape index (κ3) is 4.07. The minimum atomic E-state index is -0.846. The van der Waals surface area contributed by atoms with E-state index in [1.165, 1.54) is 12.1 Å². The zero-order chi connectivity index (χ0) is 18.0. The smallest absolute Gasteiger partial charge is 0.315 e. The van der Waals surface area contributed by atoms with Crippen LogP contribution in [-0.4, -0.2) is 46.5 Å². The molecule has 1 aromatic carbocycles. The van der Waals surface area contributed by atoms with Crippen LogP contribution in [0.2, 0.25) is 0 Å². The number of amides is 3. The van der Waals surface area contributed by atoms with Crippen molar-refractivity contribution in [2.24, 2.45) is 5.92 Å². The Kier molecular flexibility index (Phi) is 4.87. The summed E-state index contributed by atoms with van der Waals surface area (Å²) in [5, 5.41) is 14.2. The molecule has 1 unspecified atom stereocenters. The van der Waals surface area contributed by atoms with Gasteiger partial charge in [0.1, 0.15) is 11.9 Å². The highest BCUT2D eigenvalue weighted by molar-refractivity contribution is 5.88. The first-order valence-corrected chi connectivity index (χ1v) is 8.25. The monoisotopic (exact) mass is 349 g/mol. The van der Waals surface area contributed by atoms with Crippen LogP contribution in [0.1, 0.15) is 24.8 Å². The number of benzene rings is 1. The SMILES string of the molecule is O=C(NC1CC(C(=O)O)C1)NC1CCN(Cc2ccc(F)cc2)C1=O. The highest BCUT2D eigenvalue weighted by Gasteiger charge is 2.37. The summed E-state index contributed by atoms with van der Waals surface area (Å²) in [5.41, 5.74) is 0.828. The number of hydrogen-bond acceptors (Lipinski definition) is 3. The number of likely N-dealkylation sites (tertiary alicyclic amines) is 1. The minimum absolute atomic E-state index is 0.159. The van der Waals surface area contributed by atoms with Crippen LogP contribution in [0.15, 0.2) is 24.3 Å². The Morgan fingerprint density at radius 1 is 1.20 bits per heavy atom. The summed E-state index contributed by atoms with van der Waals surface area (Å²) in [6.45, 7) is 0.896. The molecular weight excluding hydrogens is 329 g/mol. The van der Waals surface area contributed by atoms with Crippen molar-refractivity contribution in [2.45, 2.75) is 37.9 Å². The van der Waals surface area contributed by atoms with Crippen LogP contribution < -0.4 is 10.6 Å². The van der Waals surface area contributed by atoms with Crippen molar-refractivity contribution in [3.05, 3.63) is 35.6 Å². The van der Waals surface area contributed by atoms with E-state index in [1.54, 1.807) is 17.0 Å². The molecule has 7 nitrogen and oxygen atoms in total. The summed E-state index contributed by atoms with van der Waals surface area (Å²) in [6, 6.07) is 4.76. The molecule has 1 heterocycles. The first-order chi connectivity index (χ1) is 11.9. The number of carboxylic acid groups (broad SMARTS) is 1. The highest BCUT2D eigenvalue weighted by atomic mass is 19.1. The van der Waals surface area contributed by atoms with Gasteiger partial charge < -0.3 is 20.6 Å². The molecule has 1 saturated heterocycles. The van der Waals surface area contributed by atoms with Crippen LogP contribution in [0.3, 0.4) is 0 Å². The number of carboxylic acids is 1. The molecule has 1 saturated carbocycles. The van der Waals surface area contributed by atoms with Crippen molar-refractivity contribution in [1.82, 2.24) is 15.5 Å². The van der Waals surface area contributed by atoms with Crippen molar-refractivity contribution in [3.63, 3.8) is 0 Å². The van der Waals surface area contributed by atoms with Gasteiger partial charge in [0.25, 0.3) is 0 Å². The third-order valence-corrected chi connectivity index (χ3v) is 4.71. The number of carbonyl (C=O) groups is 3. The molecule has 2 fully saturated rings. The molecule has 1 aromatic rings. The van der Waals surface area contributed by atoms with Gasteiger partial charge in [0.15, 0.2) is 0 Å². The van der Waals surface area contributed by atoms with Gasteiger partial charge in [0.05, 0.1) is 5.92 Å². The van der Waals surface area contributed by atoms with Crippen molar-refractivity contribution < 1.29 is 23.9 Å². The largest absolute Gasteiger partial charge is 0.481 e. The van der Waals surface area contributed by atoms with Gasteiger partial charge in [-0.2, -0.15) is 0 Å². The van der Waals surface area contributed by atoms with Crippen LogP contribution in [0.5, 0.6) is 0 Å². The molecule has 25 heavy (non-hydrogen) atoms. The van der Waals surface area contributed by atoms with Crippen molar-refractivity contribution >= 4 is 17.9 Å². The lowest BCUT2D eigenvalue weighted by atomic mass is 9.80. The predicted octanol–water partition coefficient (Wildman–Crippen LogP) is 1.09. The standard InChI is InChI=1S/C17H20FN3O4/c18-12-3-1-10(2-4-12)9-21-6-5-14(15(21)22)20-17(25)19-13-7-11(8-13)16(23)24/h1-4,11,13-14H,5-9H2,(H,23,24)(H2,19,20,25). The number of halogens is 1. The average Bonchev–Trinajstić information content (AvgIpc) is 2.85. The van der Waals surface area contributed by atoms with E-state index in [1.807, 2.05) is 0 Å². The lowest BCUT2D eigenvalue weighted by Gasteiger charge is -2.33. The fourth-order valence-corrected chi connectivity index (χ4v) is 3.16. The summed E-state index contributed by atoms with van der Waals surface area (Å²) in [7, 11) is 0. The van der Waals surface area contributed by atoms with Crippen molar-refractivity contribution in [3.8, 4) is 0 Å². The summed E-state index contributed by atoms with van der Waals surface area (Å²) in [6.07, 6.45) is 1.34. The zero-order valence-corrected chi connectivity index (χ0v) is 13.6. The number of hydrogen-bond donors (Lipinski definition) is 3. The Balaban J connectivity index is 1.45. The van der Waals surface area contributed by atoms with E-state index in [4.69, 9.17) is 5.11 Å². The van der Waals surface area contributed by atoms with E-state index in [2.05, 4.69) is 10.6 Å². The van der Waals surface area contributed by atoms with Gasteiger partial charge in [-0.15, -0.1) is 0 Å². The normalized spacial score (nSPS) is 25.4. The van der Waals surface area contributed by atoms with Crippen LogP contribution in [0.25, 0.3) is 0 Å². The zero-order valence-electron chi connectivity index (χ0n) is 13.6. The Morgan fingerprint density at radius 3 is 2.52 bits per heavy atom. The second-order valence-corrected chi connectivity index (χ2v) is 6.55. The molecule has 134 valence electrons. The number of aliphatic carboxylic acids is 1. The van der Waals surface area contributed by atoms with Gasteiger partial charge in [-0.25, -0.2) is 9.18 Å². The van der Waals surface area contributed by atoms with E-state index in [-0.39, 0.29) is 17.8 Å². The topological polar surface area (TPSA) is 98.7 Å². The summed E-state index contributed by atoms with van der Waals surface area (Å²) >= 11 is 0. The van der Waals surface area contributed by atoms with E-state index in [0.29, 0.717) is 32.4 Å². The third-order valence-electron chi connectivity index (χ3n) is 4.71. The van der Waals surface area contributed by atoms with Gasteiger partial charge in [0, 0.05) is 19.1 Å². The lowest BCUT2D eigenvalue weighted by Crippen LogP contribution is -2.53. The maximum Gasteiger partial charge on any atom is 0.315 e. The molecule has 2 aliphatic rings. The molecule has 0 spiro atoms. The second-order valence-electron chi connectivity index (χ2n) is 6.55. The number of rotatable bonds is 5. The minimum Gasteiger partial charge on any atom is -0.481 e. The maximum atomic E-state index is 12.9. The van der Waals surface area contributed by atoms with Crippen molar-refractivity contribution in [1.29, 1.82) is 0 Å². The molecule has 0 bridgehead atoms. The Hall–Kier alpha value is -2.64. The number of urea groups is 1. The molecule has 1 aliphatic carbocycles. The molecule has 3 amide bonds. The van der Waals surface area contributed by atoms with Gasteiger partial charge in [-0.3, -0.25) is 9.59 Å². The number of nitrogens with one attached hydrogen (secondary N) is 2. The Bertz CT molecular complexity index is 673. The second kappa shape index (κ2) is 7.08. The molecule has 0 radical (unpaired) electrons. The summed E-state index contributed by atoms with van der Waals surface area (Å²) < 4.78 is 12.9. The van der Waals surface area contributed by atoms with Crippen LogP contribution >= 0.6 is 0 Å². The Labute approximate surface area is 144 Å². The molecule has 3 rings (SSSR count). The maximum absolute atomic E-state index is 12.9. The molecular formula is C17H20FN3O4. The van der Waals surface area contributed by atoms with E-state index < -0.39 is 24.0 Å². The lowest BCUT2D eigenvalue weighted by molar-refractivity contribution is -0.145. The molecule has 0 aromatic heterocycles. The van der Waals surface area contributed by atoms with Gasteiger partial charge in [0.2, 0.25) is 5.91 Å². The average molecular weight is 349 g/mol. The fourth-order valence-electron chi connectivity index (χ4n) is 3.16. The summed E-state index contributed by atoms with van der Waals surface area (Å²) in [4.78, 5) is 36.7. The van der Waals surface area contributed by atoms with Crippen LogP contribution in [0.4, 0.5) is 9.18 Å². The van der Waals surface area contributed by atoms with Gasteiger partial charge in [-0.05, 0) is 37.0 Å². The summed E-state index contributed by atoms with van der Waals surface area (Å²) in [5.74, 6) is -1.74. The van der Waals surface area contributed by atoms with E-state index >= 15 is 0 Å². The number of nitrogens with zero attached hydrogens (tertiary/aromatic N) is 1. The van der Waals surface area contributed by atoms with Gasteiger partial charge >= 0.3 is 12.0 Å². The van der Waals surface area contributed by atoms with Gasteiger partial charge in [-0.1, -0.05) is 12.1 Å². The quantitative estimate of drug-likeness (QED) is 0.741. The first kappa shape index (κ1) is 17.2. The molecule has 1 aliphatic heterocycles. The van der Waals surface area contributed by atoms with Crippen LogP contribution in [0, 0.1) is 11.7 Å². The van der Waals surface area contributed by atoms with E-state index in [9.17, 15) is 18.8 Å². The Morgan fingerprint density at radius 2 is 1.88 bits per heavy atom.